The molecule has 0 radical (unpaired) electrons. The fourth-order valence-electron chi connectivity index (χ4n) is 1.99. The fraction of sp³-hybridized carbons (Fsp3) is 0.467. The minimum absolute atomic E-state index is 0.0701. The van der Waals surface area contributed by atoms with E-state index >= 15 is 0 Å². The zero-order valence-electron chi connectivity index (χ0n) is 13.8. The smallest absolute Gasteiger partial charge is 0.322 e. The van der Waals surface area contributed by atoms with Crippen molar-refractivity contribution in [2.45, 2.75) is 45.6 Å². The van der Waals surface area contributed by atoms with Crippen molar-refractivity contribution in [1.82, 2.24) is 4.72 Å². The maximum absolute atomic E-state index is 12.6. The lowest BCUT2D eigenvalue weighted by atomic mass is 9.88. The zero-order valence-corrected chi connectivity index (χ0v) is 14.6. The van der Waals surface area contributed by atoms with Crippen molar-refractivity contribution >= 4 is 27.6 Å². The maximum atomic E-state index is 12.6. The molecule has 8 heteroatoms. The van der Waals surface area contributed by atoms with Gasteiger partial charge in [-0.3, -0.25) is 9.59 Å². The van der Waals surface area contributed by atoms with E-state index in [1.807, 2.05) is 0 Å². The van der Waals surface area contributed by atoms with E-state index in [1.165, 1.54) is 13.0 Å². The lowest BCUT2D eigenvalue weighted by Crippen LogP contribution is -2.49. The molecule has 0 fully saturated rings. The van der Waals surface area contributed by atoms with E-state index in [1.54, 1.807) is 39.8 Å². The van der Waals surface area contributed by atoms with Crippen molar-refractivity contribution in [3.63, 3.8) is 0 Å². The molecule has 7 nitrogen and oxygen atoms in total. The van der Waals surface area contributed by atoms with E-state index in [2.05, 4.69) is 10.0 Å². The third-order valence-corrected chi connectivity index (χ3v) is 4.75. The van der Waals surface area contributed by atoms with Crippen molar-refractivity contribution in [3.8, 4) is 0 Å². The number of sulfonamides is 1. The number of rotatable bonds is 5. The first-order chi connectivity index (χ1) is 10.3. The van der Waals surface area contributed by atoms with Crippen molar-refractivity contribution in [1.29, 1.82) is 0 Å². The Hall–Kier alpha value is -1.93. The predicted octanol–water partition coefficient (Wildman–Crippen LogP) is 1.73. The number of hydrogen-bond acceptors (Lipinski definition) is 4. The Balaban J connectivity index is 3.27. The van der Waals surface area contributed by atoms with Crippen molar-refractivity contribution in [2.75, 3.05) is 5.32 Å². The van der Waals surface area contributed by atoms with E-state index in [9.17, 15) is 23.1 Å². The third kappa shape index (κ3) is 5.04. The number of carbonyl (C=O) groups excluding carboxylic acids is 1. The van der Waals surface area contributed by atoms with Crippen LogP contribution in [0.2, 0.25) is 0 Å². The first-order valence-corrected chi connectivity index (χ1v) is 8.46. The molecule has 0 spiro atoms. The van der Waals surface area contributed by atoms with Crippen LogP contribution < -0.4 is 10.0 Å². The summed E-state index contributed by atoms with van der Waals surface area (Å²) in [5.41, 5.74) is -0.0297. The van der Waals surface area contributed by atoms with Gasteiger partial charge in [-0.2, -0.15) is 4.72 Å². The number of carbonyl (C=O) groups is 2. The highest BCUT2D eigenvalue weighted by Gasteiger charge is 2.35. The summed E-state index contributed by atoms with van der Waals surface area (Å²) in [6.07, 6.45) is 0. The molecule has 1 amide bonds. The van der Waals surface area contributed by atoms with Crippen LogP contribution in [0.15, 0.2) is 23.1 Å². The Morgan fingerprint density at radius 2 is 1.78 bits per heavy atom. The largest absolute Gasteiger partial charge is 0.480 e. The molecule has 0 saturated carbocycles. The summed E-state index contributed by atoms with van der Waals surface area (Å²) in [6, 6.07) is 3.15. The van der Waals surface area contributed by atoms with Crippen LogP contribution in [0.4, 0.5) is 5.69 Å². The van der Waals surface area contributed by atoms with E-state index in [0.29, 0.717) is 11.3 Å². The Morgan fingerprint density at radius 1 is 1.22 bits per heavy atom. The number of carboxylic acids is 1. The van der Waals surface area contributed by atoms with Gasteiger partial charge >= 0.3 is 5.97 Å². The van der Waals surface area contributed by atoms with E-state index in [4.69, 9.17) is 0 Å². The molecule has 0 unspecified atom stereocenters. The Morgan fingerprint density at radius 3 is 2.22 bits per heavy atom. The molecule has 0 aliphatic carbocycles. The van der Waals surface area contributed by atoms with Crippen LogP contribution >= 0.6 is 0 Å². The normalized spacial score (nSPS) is 13.4. The van der Waals surface area contributed by atoms with Gasteiger partial charge in [0.1, 0.15) is 6.04 Å². The van der Waals surface area contributed by atoms with Crippen LogP contribution in [-0.4, -0.2) is 31.4 Å². The number of amides is 1. The summed E-state index contributed by atoms with van der Waals surface area (Å²) in [7, 11) is -4.06. The molecule has 3 N–H and O–H groups in total. The lowest BCUT2D eigenvalue weighted by Gasteiger charge is -2.27. The van der Waals surface area contributed by atoms with Crippen molar-refractivity contribution in [3.05, 3.63) is 23.8 Å². The molecular weight excluding hydrogens is 320 g/mol. The van der Waals surface area contributed by atoms with Crippen molar-refractivity contribution in [2.24, 2.45) is 5.41 Å². The first kappa shape index (κ1) is 19.1. The molecule has 0 bridgehead atoms. The molecule has 1 rings (SSSR count). The number of aryl methyl sites for hydroxylation is 1. The fourth-order valence-corrected chi connectivity index (χ4v) is 3.65. The van der Waals surface area contributed by atoms with Gasteiger partial charge in [0.05, 0.1) is 4.90 Å². The summed E-state index contributed by atoms with van der Waals surface area (Å²) in [6.45, 7) is 7.81. The highest BCUT2D eigenvalue weighted by atomic mass is 32.2. The van der Waals surface area contributed by atoms with Crippen LogP contribution in [0.3, 0.4) is 0 Å². The summed E-state index contributed by atoms with van der Waals surface area (Å²) < 4.78 is 27.4. The number of hydrogen-bond donors (Lipinski definition) is 3. The second kappa shape index (κ2) is 6.67. The molecule has 1 aromatic rings. The predicted molar refractivity (Wildman–Crippen MR) is 86.7 cm³/mol. The lowest BCUT2D eigenvalue weighted by molar-refractivity contribution is -0.141. The first-order valence-electron chi connectivity index (χ1n) is 6.98. The van der Waals surface area contributed by atoms with Gasteiger partial charge in [0.15, 0.2) is 0 Å². The second-order valence-electron chi connectivity index (χ2n) is 6.42. The highest BCUT2D eigenvalue weighted by molar-refractivity contribution is 7.89. The standard InChI is InChI=1S/C15H22N2O5S/c1-9-6-7-11(16-10(2)18)8-12(9)23(21,22)17-13(14(19)20)15(3,4)5/h6-8,13,17H,1-5H3,(H,16,18)(H,19,20)/t13-/m1/s1. The molecule has 128 valence electrons. The Kier molecular flexibility index (Phi) is 5.55. The summed E-state index contributed by atoms with van der Waals surface area (Å²) >= 11 is 0. The summed E-state index contributed by atoms with van der Waals surface area (Å²) in [5.74, 6) is -1.58. The molecule has 0 heterocycles. The summed E-state index contributed by atoms with van der Waals surface area (Å²) in [5, 5.41) is 11.8. The SMILES string of the molecule is CC(=O)Nc1ccc(C)c(S(=O)(=O)N[C@H](C(=O)O)C(C)(C)C)c1. The van der Waals surface area contributed by atoms with Gasteiger partial charge in [0, 0.05) is 12.6 Å². The van der Waals surface area contributed by atoms with Gasteiger partial charge in [-0.15, -0.1) is 0 Å². The van der Waals surface area contributed by atoms with Crippen LogP contribution in [0.5, 0.6) is 0 Å². The van der Waals surface area contributed by atoms with E-state index < -0.39 is 27.4 Å². The van der Waals surface area contributed by atoms with Gasteiger partial charge in [-0.05, 0) is 30.0 Å². The minimum atomic E-state index is -4.06. The molecule has 0 aliphatic rings. The highest BCUT2D eigenvalue weighted by Crippen LogP contribution is 2.24. The molecular formula is C15H22N2O5S. The van der Waals surface area contributed by atoms with Gasteiger partial charge in [0.2, 0.25) is 15.9 Å². The van der Waals surface area contributed by atoms with Gasteiger partial charge in [0.25, 0.3) is 0 Å². The number of aliphatic carboxylic acids is 1. The van der Waals surface area contributed by atoms with Crippen LogP contribution in [-0.2, 0) is 19.6 Å². The molecule has 0 aliphatic heterocycles. The second-order valence-corrected chi connectivity index (χ2v) is 8.10. The number of anilines is 1. The van der Waals surface area contributed by atoms with Gasteiger partial charge in [-0.25, -0.2) is 8.42 Å². The quantitative estimate of drug-likeness (QED) is 0.754. The molecule has 0 saturated heterocycles. The zero-order chi connectivity index (χ0) is 18.0. The average Bonchev–Trinajstić information content (AvgIpc) is 2.36. The Bertz CT molecular complexity index is 720. The van der Waals surface area contributed by atoms with Crippen LogP contribution in [0.25, 0.3) is 0 Å². The molecule has 1 atom stereocenters. The van der Waals surface area contributed by atoms with Crippen molar-refractivity contribution < 1.29 is 23.1 Å². The molecule has 0 aromatic heterocycles. The topological polar surface area (TPSA) is 113 Å². The van der Waals surface area contributed by atoms with Crippen LogP contribution in [0.1, 0.15) is 33.3 Å². The monoisotopic (exact) mass is 342 g/mol. The van der Waals surface area contributed by atoms with E-state index in [0.717, 1.165) is 0 Å². The number of nitrogens with one attached hydrogen (secondary N) is 2. The average molecular weight is 342 g/mol. The maximum Gasteiger partial charge on any atom is 0.322 e. The molecule has 23 heavy (non-hydrogen) atoms. The van der Waals surface area contributed by atoms with Gasteiger partial charge in [-0.1, -0.05) is 26.8 Å². The number of benzene rings is 1. The minimum Gasteiger partial charge on any atom is -0.480 e. The third-order valence-electron chi connectivity index (χ3n) is 3.18. The van der Waals surface area contributed by atoms with Crippen LogP contribution in [0, 0.1) is 12.3 Å². The Labute approximate surface area is 136 Å². The number of carboxylic acid groups (broad SMARTS) is 1. The molecule has 1 aromatic carbocycles. The van der Waals surface area contributed by atoms with E-state index in [-0.39, 0.29) is 10.8 Å². The summed E-state index contributed by atoms with van der Waals surface area (Å²) in [4.78, 5) is 22.4. The van der Waals surface area contributed by atoms with Gasteiger partial charge < -0.3 is 10.4 Å².